The van der Waals surface area contributed by atoms with Crippen LogP contribution in [0.15, 0.2) is 42.5 Å². The third kappa shape index (κ3) is 10.9. The molecule has 0 bridgehead atoms. The maximum absolute atomic E-state index is 13.6. The van der Waals surface area contributed by atoms with Crippen LogP contribution in [0.25, 0.3) is 0 Å². The molecular weight excluding hydrogens is 578 g/mol. The molecule has 0 radical (unpaired) electrons. The molecule has 42 heavy (non-hydrogen) atoms. The summed E-state index contributed by atoms with van der Waals surface area (Å²) in [6, 6.07) is 9.05. The lowest BCUT2D eigenvalue weighted by molar-refractivity contribution is -0.192. The fourth-order valence-electron chi connectivity index (χ4n) is 3.55. The van der Waals surface area contributed by atoms with Gasteiger partial charge in [-0.15, -0.1) is 0 Å². The van der Waals surface area contributed by atoms with Gasteiger partial charge in [0, 0.05) is 23.8 Å². The van der Waals surface area contributed by atoms with Gasteiger partial charge in [0.1, 0.15) is 18.0 Å². The maximum Gasteiger partial charge on any atom is 0.490 e. The number of carbonyl (C=O) groups is 3. The van der Waals surface area contributed by atoms with E-state index in [2.05, 4.69) is 10.6 Å². The van der Waals surface area contributed by atoms with Crippen molar-refractivity contribution in [2.75, 3.05) is 25.1 Å². The van der Waals surface area contributed by atoms with Gasteiger partial charge in [0.25, 0.3) is 0 Å². The lowest BCUT2D eigenvalue weighted by Crippen LogP contribution is -2.30. The molecule has 0 saturated carbocycles. The van der Waals surface area contributed by atoms with Crippen LogP contribution in [0.3, 0.4) is 0 Å². The van der Waals surface area contributed by atoms with Crippen LogP contribution in [-0.2, 0) is 25.3 Å². The van der Waals surface area contributed by atoms with Crippen LogP contribution in [0.4, 0.5) is 32.0 Å². The van der Waals surface area contributed by atoms with Gasteiger partial charge in [0.15, 0.2) is 0 Å². The predicted molar refractivity (Wildman–Crippen MR) is 137 cm³/mol. The van der Waals surface area contributed by atoms with Crippen molar-refractivity contribution < 1.29 is 55.3 Å². The van der Waals surface area contributed by atoms with Gasteiger partial charge in [0.05, 0.1) is 24.8 Å². The number of alkyl halides is 6. The molecule has 2 unspecified atom stereocenters. The van der Waals surface area contributed by atoms with Gasteiger partial charge < -0.3 is 30.9 Å². The number of aliphatic carboxylic acids is 1. The number of amidine groups is 1. The number of halogens is 6. The Morgan fingerprint density at radius 3 is 2.21 bits per heavy atom. The highest BCUT2D eigenvalue weighted by Crippen LogP contribution is 2.38. The number of nitrogens with two attached hydrogens (primary N) is 1. The number of carbonyl (C=O) groups excluding carboxylic acids is 2. The third-order valence-electron chi connectivity index (χ3n) is 5.73. The second kappa shape index (κ2) is 14.5. The van der Waals surface area contributed by atoms with Gasteiger partial charge >= 0.3 is 18.3 Å². The average Bonchev–Trinajstić information content (AvgIpc) is 3.40. The Morgan fingerprint density at radius 1 is 1.10 bits per heavy atom. The predicted octanol–water partition coefficient (Wildman–Crippen LogP) is 4.24. The summed E-state index contributed by atoms with van der Waals surface area (Å²) < 4.78 is 83.3. The van der Waals surface area contributed by atoms with E-state index in [9.17, 15) is 35.9 Å². The number of ether oxygens (including phenoxy) is 2. The second-order valence-electron chi connectivity index (χ2n) is 9.10. The molecule has 10 nitrogen and oxygen atoms in total. The van der Waals surface area contributed by atoms with Crippen molar-refractivity contribution in [1.29, 1.82) is 5.41 Å². The Kier molecular flexibility index (Phi) is 11.7. The molecule has 230 valence electrons. The molecule has 0 spiro atoms. The molecular formula is C26H28F6N4O6. The van der Waals surface area contributed by atoms with Gasteiger partial charge in [0.2, 0.25) is 11.8 Å². The first-order valence-electron chi connectivity index (χ1n) is 12.2. The van der Waals surface area contributed by atoms with Gasteiger partial charge in [-0.1, -0.05) is 6.07 Å². The van der Waals surface area contributed by atoms with Crippen LogP contribution in [0.5, 0.6) is 5.75 Å². The number of anilines is 1. The first-order chi connectivity index (χ1) is 19.5. The number of nitrogen functional groups attached to an aromatic ring is 1. The molecule has 1 fully saturated rings. The number of amides is 2. The van der Waals surface area contributed by atoms with Gasteiger partial charge in [-0.3, -0.25) is 15.0 Å². The van der Waals surface area contributed by atoms with Crippen LogP contribution in [-0.4, -0.2) is 54.7 Å². The molecule has 16 heteroatoms. The summed E-state index contributed by atoms with van der Waals surface area (Å²) in [6.07, 6.45) is -9.51. The van der Waals surface area contributed by atoms with E-state index >= 15 is 0 Å². The minimum Gasteiger partial charge on any atom is -0.493 e. The molecule has 2 aromatic carbocycles. The van der Waals surface area contributed by atoms with Crippen molar-refractivity contribution in [3.63, 3.8) is 0 Å². The Hall–Kier alpha value is -4.34. The first kappa shape index (κ1) is 33.9. The zero-order chi connectivity index (χ0) is 31.7. The van der Waals surface area contributed by atoms with Crippen molar-refractivity contribution in [3.8, 4) is 5.75 Å². The van der Waals surface area contributed by atoms with E-state index in [1.807, 2.05) is 0 Å². The molecule has 3 rings (SSSR count). The number of nitrogens with one attached hydrogen (secondary N) is 3. The van der Waals surface area contributed by atoms with E-state index in [0.29, 0.717) is 24.5 Å². The Bertz CT molecular complexity index is 1260. The zero-order valence-electron chi connectivity index (χ0n) is 22.1. The highest BCUT2D eigenvalue weighted by Gasteiger charge is 2.38. The monoisotopic (exact) mass is 606 g/mol. The molecule has 0 aliphatic carbocycles. The van der Waals surface area contributed by atoms with E-state index < -0.39 is 48.2 Å². The van der Waals surface area contributed by atoms with Crippen LogP contribution in [0.2, 0.25) is 0 Å². The van der Waals surface area contributed by atoms with Gasteiger partial charge in [-0.25, -0.2) is 4.79 Å². The number of carboxylic acid groups (broad SMARTS) is 1. The molecule has 2 aromatic rings. The number of hydrogen-bond acceptors (Lipinski definition) is 6. The smallest absolute Gasteiger partial charge is 0.490 e. The Morgan fingerprint density at radius 2 is 1.71 bits per heavy atom. The van der Waals surface area contributed by atoms with Crippen molar-refractivity contribution >= 4 is 29.3 Å². The normalized spacial score (nSPS) is 15.5. The molecule has 1 heterocycles. The van der Waals surface area contributed by atoms with Crippen molar-refractivity contribution in [3.05, 3.63) is 59.2 Å². The summed E-state index contributed by atoms with van der Waals surface area (Å²) in [6.45, 7) is 2.68. The van der Waals surface area contributed by atoms with Crippen molar-refractivity contribution in [2.24, 2.45) is 11.7 Å². The molecule has 1 saturated heterocycles. The lowest BCUT2D eigenvalue weighted by atomic mass is 10.0. The second-order valence-corrected chi connectivity index (χ2v) is 9.10. The fourth-order valence-corrected chi connectivity index (χ4v) is 3.55. The first-order valence-corrected chi connectivity index (χ1v) is 12.2. The lowest BCUT2D eigenvalue weighted by Gasteiger charge is -2.20. The number of rotatable bonds is 9. The Labute approximate surface area is 235 Å². The summed E-state index contributed by atoms with van der Waals surface area (Å²) in [4.78, 5) is 33.3. The van der Waals surface area contributed by atoms with Crippen LogP contribution < -0.4 is 21.1 Å². The van der Waals surface area contributed by atoms with Crippen molar-refractivity contribution in [2.45, 2.75) is 38.2 Å². The largest absolute Gasteiger partial charge is 0.493 e. The Balaban J connectivity index is 0.000000782. The topological polar surface area (TPSA) is 164 Å². The molecule has 1 aliphatic heterocycles. The minimum atomic E-state index is -5.08. The number of benzene rings is 2. The van der Waals surface area contributed by atoms with E-state index in [1.54, 1.807) is 12.1 Å². The SMILES string of the molecule is CC(NC(=O)CC(=O)Nc1ccc(C(=N)N)cc1)c1ccc(OCC2CCOC2)c(C(F)(F)F)c1.O=C(O)C(F)(F)F. The number of carboxylic acids is 1. The zero-order valence-corrected chi connectivity index (χ0v) is 22.1. The highest BCUT2D eigenvalue weighted by atomic mass is 19.4. The van der Waals surface area contributed by atoms with Crippen LogP contribution in [0, 0.1) is 11.3 Å². The molecule has 1 aliphatic rings. The summed E-state index contributed by atoms with van der Waals surface area (Å²) in [5.74, 6) is -4.35. The molecule has 6 N–H and O–H groups in total. The summed E-state index contributed by atoms with van der Waals surface area (Å²) in [5, 5.41) is 19.6. The third-order valence-corrected chi connectivity index (χ3v) is 5.73. The van der Waals surface area contributed by atoms with Crippen LogP contribution in [0.1, 0.15) is 42.5 Å². The molecule has 2 atom stereocenters. The maximum atomic E-state index is 13.6. The summed E-state index contributed by atoms with van der Waals surface area (Å²) >= 11 is 0. The highest BCUT2D eigenvalue weighted by molar-refractivity contribution is 6.04. The summed E-state index contributed by atoms with van der Waals surface area (Å²) in [5.41, 5.74) is 5.57. The average molecular weight is 607 g/mol. The molecule has 2 amide bonds. The van der Waals surface area contributed by atoms with Crippen molar-refractivity contribution in [1.82, 2.24) is 5.32 Å². The quantitative estimate of drug-likeness (QED) is 0.123. The standard InChI is InChI=1S/C24H27F3N4O4.C2HF3O2/c1-14(30-21(32)11-22(33)31-18-5-2-16(3-6-18)23(28)29)17-4-7-20(19(10-17)24(25,26)27)35-13-15-8-9-34-12-15;3-2(4,5)1(6)7/h2-7,10,14-15H,8-9,11-13H2,1H3,(H3,28,29)(H,30,32)(H,31,33);(H,6,7). The minimum absolute atomic E-state index is 0.0483. The summed E-state index contributed by atoms with van der Waals surface area (Å²) in [7, 11) is 0. The van der Waals surface area contributed by atoms with E-state index in [1.165, 1.54) is 31.2 Å². The van der Waals surface area contributed by atoms with Crippen LogP contribution >= 0.6 is 0 Å². The number of hydrogen-bond donors (Lipinski definition) is 5. The van der Waals surface area contributed by atoms with E-state index in [0.717, 1.165) is 12.5 Å². The van der Waals surface area contributed by atoms with Gasteiger partial charge in [-0.05, 0) is 55.3 Å². The van der Waals surface area contributed by atoms with Gasteiger partial charge in [-0.2, -0.15) is 26.3 Å². The van der Waals surface area contributed by atoms with E-state index in [4.69, 9.17) is 30.5 Å². The fraction of sp³-hybridized carbons (Fsp3) is 0.385. The van der Waals surface area contributed by atoms with E-state index in [-0.39, 0.29) is 29.7 Å². The molecule has 0 aromatic heterocycles.